The van der Waals surface area contributed by atoms with Crippen LogP contribution in [0.5, 0.6) is 5.75 Å². The van der Waals surface area contributed by atoms with Crippen LogP contribution >= 0.6 is 11.6 Å². The summed E-state index contributed by atoms with van der Waals surface area (Å²) in [5.74, 6) is -1.18. The van der Waals surface area contributed by atoms with Gasteiger partial charge in [0.2, 0.25) is 0 Å². The molecule has 0 saturated carbocycles. The summed E-state index contributed by atoms with van der Waals surface area (Å²) in [5.41, 5.74) is 2.40. The molecule has 7 nitrogen and oxygen atoms in total. The number of carbonyl (C=O) groups is 3. The standard InChI is InChI=1S/C31H26ClNO6/c1-19(34)24-13-12-23(32)16-25(24)26-17-30(36)33(18-29(26)39-2)27(14-20-6-4-3-5-7-20)28(35)15-21-8-10-22(11-9-21)31(37)38/h3-13,16-18,27H,14-15H2,1-2H3,(H,37,38)/t27-/m0/s1. The van der Waals surface area contributed by atoms with Crippen molar-refractivity contribution in [2.45, 2.75) is 25.8 Å². The van der Waals surface area contributed by atoms with Crippen LogP contribution in [0.15, 0.2) is 89.9 Å². The van der Waals surface area contributed by atoms with Crippen molar-refractivity contribution < 1.29 is 24.2 Å². The fourth-order valence-electron chi connectivity index (χ4n) is 4.48. The average Bonchev–Trinajstić information content (AvgIpc) is 2.92. The fraction of sp³-hybridized carbons (Fsp3) is 0.161. The predicted molar refractivity (Wildman–Crippen MR) is 149 cm³/mol. The number of carboxylic acids is 1. The number of carboxylic acid groups (broad SMARTS) is 1. The van der Waals surface area contributed by atoms with Crippen LogP contribution in [0, 0.1) is 0 Å². The van der Waals surface area contributed by atoms with Crippen molar-refractivity contribution in [3.8, 4) is 16.9 Å². The maximum atomic E-state index is 13.7. The molecule has 8 heteroatoms. The first kappa shape index (κ1) is 27.5. The Morgan fingerprint density at radius 1 is 0.923 bits per heavy atom. The Balaban J connectivity index is 1.79. The quantitative estimate of drug-likeness (QED) is 0.258. The molecule has 1 atom stereocenters. The van der Waals surface area contributed by atoms with E-state index in [4.69, 9.17) is 21.4 Å². The molecule has 0 amide bonds. The highest BCUT2D eigenvalue weighted by Gasteiger charge is 2.25. The number of methoxy groups -OCH3 is 1. The molecule has 4 rings (SSSR count). The van der Waals surface area contributed by atoms with Gasteiger partial charge in [-0.15, -0.1) is 0 Å². The third kappa shape index (κ3) is 6.33. The van der Waals surface area contributed by atoms with E-state index in [1.807, 2.05) is 30.3 Å². The highest BCUT2D eigenvalue weighted by atomic mass is 35.5. The number of hydrogen-bond acceptors (Lipinski definition) is 5. The molecule has 0 spiro atoms. The molecule has 0 radical (unpaired) electrons. The maximum absolute atomic E-state index is 13.7. The van der Waals surface area contributed by atoms with Crippen molar-refractivity contribution in [3.05, 3.63) is 123 Å². The summed E-state index contributed by atoms with van der Waals surface area (Å²) in [6, 6.07) is 20.7. The van der Waals surface area contributed by atoms with Gasteiger partial charge in [0.05, 0.1) is 24.9 Å². The lowest BCUT2D eigenvalue weighted by atomic mass is 9.95. The molecule has 1 aromatic heterocycles. The van der Waals surface area contributed by atoms with Gasteiger partial charge in [0.25, 0.3) is 5.56 Å². The maximum Gasteiger partial charge on any atom is 0.335 e. The lowest BCUT2D eigenvalue weighted by Gasteiger charge is -2.21. The van der Waals surface area contributed by atoms with Crippen LogP contribution in [0.1, 0.15) is 44.8 Å². The predicted octanol–water partition coefficient (Wildman–Crippen LogP) is 5.67. The van der Waals surface area contributed by atoms with Crippen LogP contribution in [0.4, 0.5) is 0 Å². The van der Waals surface area contributed by atoms with E-state index in [0.717, 1.165) is 5.56 Å². The summed E-state index contributed by atoms with van der Waals surface area (Å²) < 4.78 is 6.97. The third-order valence-electron chi connectivity index (χ3n) is 6.47. The van der Waals surface area contributed by atoms with Crippen LogP contribution in [-0.2, 0) is 17.6 Å². The first-order valence-corrected chi connectivity index (χ1v) is 12.6. The molecule has 0 saturated heterocycles. The smallest absolute Gasteiger partial charge is 0.335 e. The molecule has 198 valence electrons. The number of carbonyl (C=O) groups excluding carboxylic acids is 2. The zero-order valence-corrected chi connectivity index (χ0v) is 22.1. The van der Waals surface area contributed by atoms with Gasteiger partial charge in [0.1, 0.15) is 5.75 Å². The van der Waals surface area contributed by atoms with E-state index in [1.54, 1.807) is 30.3 Å². The average molecular weight is 544 g/mol. The van der Waals surface area contributed by atoms with Crippen molar-refractivity contribution >= 4 is 29.1 Å². The number of Topliss-reactive ketones (excluding diaryl/α,β-unsaturated/α-hetero) is 2. The number of pyridine rings is 1. The van der Waals surface area contributed by atoms with Crippen molar-refractivity contribution in [3.63, 3.8) is 0 Å². The highest BCUT2D eigenvalue weighted by molar-refractivity contribution is 6.31. The topological polar surface area (TPSA) is 103 Å². The van der Waals surface area contributed by atoms with Gasteiger partial charge in [0, 0.05) is 35.1 Å². The molecule has 0 aliphatic carbocycles. The van der Waals surface area contributed by atoms with Crippen LogP contribution in [0.3, 0.4) is 0 Å². The first-order chi connectivity index (χ1) is 18.7. The number of aromatic carboxylic acids is 1. The monoisotopic (exact) mass is 543 g/mol. The molecular formula is C31H26ClNO6. The highest BCUT2D eigenvalue weighted by Crippen LogP contribution is 2.34. The summed E-state index contributed by atoms with van der Waals surface area (Å²) >= 11 is 6.21. The Morgan fingerprint density at radius 3 is 2.23 bits per heavy atom. The zero-order chi connectivity index (χ0) is 28.1. The molecule has 4 aromatic rings. The molecule has 1 N–H and O–H groups in total. The Hall–Kier alpha value is -4.49. The molecule has 0 fully saturated rings. The molecule has 3 aromatic carbocycles. The number of halogens is 1. The third-order valence-corrected chi connectivity index (χ3v) is 6.71. The number of benzene rings is 3. The molecule has 0 aliphatic rings. The molecule has 39 heavy (non-hydrogen) atoms. The van der Waals surface area contributed by atoms with Gasteiger partial charge >= 0.3 is 5.97 Å². The number of ketones is 2. The SMILES string of the molecule is COc1cn([C@@H](Cc2ccccc2)C(=O)Cc2ccc(C(=O)O)cc2)c(=O)cc1-c1cc(Cl)ccc1C(C)=O. The minimum absolute atomic E-state index is 0.00329. The minimum atomic E-state index is -1.05. The number of aromatic nitrogens is 1. The van der Waals surface area contributed by atoms with Crippen LogP contribution in [0.2, 0.25) is 5.02 Å². The number of nitrogens with zero attached hydrogens (tertiary/aromatic N) is 1. The van der Waals surface area contributed by atoms with E-state index < -0.39 is 17.6 Å². The van der Waals surface area contributed by atoms with Gasteiger partial charge in [-0.05, 0) is 53.9 Å². The van der Waals surface area contributed by atoms with Crippen LogP contribution in [-0.4, -0.2) is 34.3 Å². The normalized spacial score (nSPS) is 11.6. The van der Waals surface area contributed by atoms with Gasteiger partial charge in [0.15, 0.2) is 11.6 Å². The van der Waals surface area contributed by atoms with Gasteiger partial charge in [-0.2, -0.15) is 0 Å². The van der Waals surface area contributed by atoms with Gasteiger partial charge in [-0.25, -0.2) is 4.79 Å². The summed E-state index contributed by atoms with van der Waals surface area (Å²) in [5, 5.41) is 9.56. The molecule has 1 heterocycles. The van der Waals surface area contributed by atoms with Crippen molar-refractivity contribution in [1.29, 1.82) is 0 Å². The largest absolute Gasteiger partial charge is 0.495 e. The lowest BCUT2D eigenvalue weighted by Crippen LogP contribution is -2.32. The number of rotatable bonds is 10. The number of hydrogen-bond donors (Lipinski definition) is 1. The Kier molecular flexibility index (Phi) is 8.42. The Labute approximate surface area is 230 Å². The summed E-state index contributed by atoms with van der Waals surface area (Å²) in [6.07, 6.45) is 1.74. The second-order valence-electron chi connectivity index (χ2n) is 9.10. The van der Waals surface area contributed by atoms with Gasteiger partial charge in [-0.1, -0.05) is 54.1 Å². The number of ether oxygens (including phenoxy) is 1. The summed E-state index contributed by atoms with van der Waals surface area (Å²) in [7, 11) is 1.45. The van der Waals surface area contributed by atoms with Crippen LogP contribution in [0.25, 0.3) is 11.1 Å². The van der Waals surface area contributed by atoms with Crippen molar-refractivity contribution in [1.82, 2.24) is 4.57 Å². The van der Waals surface area contributed by atoms with Crippen LogP contribution < -0.4 is 10.3 Å². The zero-order valence-electron chi connectivity index (χ0n) is 21.4. The van der Waals surface area contributed by atoms with E-state index in [2.05, 4.69) is 0 Å². The van der Waals surface area contributed by atoms with E-state index in [-0.39, 0.29) is 30.0 Å². The first-order valence-electron chi connectivity index (χ1n) is 12.2. The lowest BCUT2D eigenvalue weighted by molar-refractivity contribution is -0.121. The second kappa shape index (κ2) is 11.9. The Bertz CT molecular complexity index is 1590. The van der Waals surface area contributed by atoms with Gasteiger partial charge in [-0.3, -0.25) is 14.4 Å². The van der Waals surface area contributed by atoms with E-state index in [0.29, 0.717) is 33.0 Å². The van der Waals surface area contributed by atoms with E-state index in [9.17, 15) is 19.2 Å². The second-order valence-corrected chi connectivity index (χ2v) is 9.53. The molecule has 0 aliphatic heterocycles. The summed E-state index contributed by atoms with van der Waals surface area (Å²) in [6.45, 7) is 1.43. The summed E-state index contributed by atoms with van der Waals surface area (Å²) in [4.78, 5) is 50.7. The van der Waals surface area contributed by atoms with Gasteiger partial charge < -0.3 is 14.4 Å². The van der Waals surface area contributed by atoms with E-state index >= 15 is 0 Å². The fourth-order valence-corrected chi connectivity index (χ4v) is 4.65. The van der Waals surface area contributed by atoms with Crippen molar-refractivity contribution in [2.24, 2.45) is 0 Å². The van der Waals surface area contributed by atoms with Crippen molar-refractivity contribution in [2.75, 3.05) is 7.11 Å². The Morgan fingerprint density at radius 2 is 1.62 bits per heavy atom. The minimum Gasteiger partial charge on any atom is -0.495 e. The molecule has 0 unspecified atom stereocenters. The van der Waals surface area contributed by atoms with E-state index in [1.165, 1.54) is 43.0 Å². The molecule has 0 bridgehead atoms. The molecular weight excluding hydrogens is 518 g/mol.